The fourth-order valence-corrected chi connectivity index (χ4v) is 3.99. The number of unbranched alkanes of at least 4 members (excludes halogenated alkanes) is 1. The maximum absolute atomic E-state index is 13.1. The summed E-state index contributed by atoms with van der Waals surface area (Å²) in [4.78, 5) is 40.0. The van der Waals surface area contributed by atoms with E-state index in [0.717, 1.165) is 37.1 Å². The van der Waals surface area contributed by atoms with Gasteiger partial charge in [-0.1, -0.05) is 25.5 Å². The number of amides is 4. The number of ether oxygens (including phenoxy) is 1. The Kier molecular flexibility index (Phi) is 9.03. The zero-order chi connectivity index (χ0) is 28.0. The highest BCUT2D eigenvalue weighted by Crippen LogP contribution is 2.33. The van der Waals surface area contributed by atoms with Crippen LogP contribution < -0.4 is 16.0 Å². The van der Waals surface area contributed by atoms with Gasteiger partial charge in [0.25, 0.3) is 0 Å². The Bertz CT molecular complexity index is 1210. The first-order valence-electron chi connectivity index (χ1n) is 12.3. The van der Waals surface area contributed by atoms with Crippen LogP contribution in [0.15, 0.2) is 59.8 Å². The number of nitrogens with one attached hydrogen (secondary N) is 3. The van der Waals surface area contributed by atoms with Gasteiger partial charge in [0.05, 0.1) is 23.3 Å². The predicted molar refractivity (Wildman–Crippen MR) is 137 cm³/mol. The highest BCUT2D eigenvalue weighted by Gasteiger charge is 2.36. The van der Waals surface area contributed by atoms with Gasteiger partial charge in [0.1, 0.15) is 0 Å². The zero-order valence-corrected chi connectivity index (χ0v) is 21.6. The molecule has 38 heavy (non-hydrogen) atoms. The van der Waals surface area contributed by atoms with Crippen molar-refractivity contribution >= 4 is 29.4 Å². The number of rotatable bonds is 8. The Morgan fingerprint density at radius 3 is 2.34 bits per heavy atom. The van der Waals surface area contributed by atoms with Gasteiger partial charge in [-0.05, 0) is 69.2 Å². The average Bonchev–Trinajstić information content (AvgIpc) is 2.83. The third-order valence-corrected chi connectivity index (χ3v) is 5.84. The number of urea groups is 2. The summed E-state index contributed by atoms with van der Waals surface area (Å²) in [6.45, 7) is 7.63. The summed E-state index contributed by atoms with van der Waals surface area (Å²) >= 11 is 0. The fourth-order valence-electron chi connectivity index (χ4n) is 3.99. The van der Waals surface area contributed by atoms with Crippen LogP contribution in [0.3, 0.4) is 0 Å². The summed E-state index contributed by atoms with van der Waals surface area (Å²) in [6.07, 6.45) is -3.22. The van der Waals surface area contributed by atoms with Gasteiger partial charge < -0.3 is 20.7 Å². The number of hydrogen-bond acceptors (Lipinski definition) is 4. The van der Waals surface area contributed by atoms with Crippen molar-refractivity contribution in [2.45, 2.75) is 58.9 Å². The molecule has 1 unspecified atom stereocenters. The minimum atomic E-state index is -4.48. The lowest BCUT2D eigenvalue weighted by Crippen LogP contribution is -2.48. The van der Waals surface area contributed by atoms with Crippen molar-refractivity contribution < 1.29 is 32.3 Å². The maximum atomic E-state index is 13.1. The molecule has 8 nitrogen and oxygen atoms in total. The van der Waals surface area contributed by atoms with Gasteiger partial charge in [0.15, 0.2) is 0 Å². The molecule has 0 aromatic heterocycles. The molecular formula is C27H31F3N4O4. The highest BCUT2D eigenvalue weighted by molar-refractivity contribution is 6.00. The van der Waals surface area contributed by atoms with Crippen molar-refractivity contribution in [3.8, 4) is 0 Å². The van der Waals surface area contributed by atoms with E-state index >= 15 is 0 Å². The van der Waals surface area contributed by atoms with Gasteiger partial charge in [-0.2, -0.15) is 13.2 Å². The second-order valence-electron chi connectivity index (χ2n) is 9.12. The molecule has 0 saturated heterocycles. The van der Waals surface area contributed by atoms with Gasteiger partial charge in [-0.3, -0.25) is 4.90 Å². The molecular weight excluding hydrogens is 501 g/mol. The van der Waals surface area contributed by atoms with Gasteiger partial charge in [0.2, 0.25) is 0 Å². The van der Waals surface area contributed by atoms with E-state index < -0.39 is 29.8 Å². The number of carbonyl (C=O) groups excluding carboxylic acids is 3. The number of nitrogens with zero attached hydrogens (tertiary/aromatic N) is 1. The lowest BCUT2D eigenvalue weighted by atomic mass is 9.94. The average molecular weight is 533 g/mol. The second-order valence-corrected chi connectivity index (χ2v) is 9.12. The van der Waals surface area contributed by atoms with Crippen molar-refractivity contribution in [1.29, 1.82) is 0 Å². The van der Waals surface area contributed by atoms with Crippen LogP contribution in [0.5, 0.6) is 0 Å². The third-order valence-electron chi connectivity index (χ3n) is 5.84. The molecule has 11 heteroatoms. The summed E-state index contributed by atoms with van der Waals surface area (Å²) in [7, 11) is 0. The monoisotopic (exact) mass is 532 g/mol. The minimum absolute atomic E-state index is 0.177. The zero-order valence-electron chi connectivity index (χ0n) is 21.6. The predicted octanol–water partition coefficient (Wildman–Crippen LogP) is 6.44. The van der Waals surface area contributed by atoms with Crippen molar-refractivity contribution in [3.63, 3.8) is 0 Å². The molecule has 1 aliphatic heterocycles. The van der Waals surface area contributed by atoms with Crippen LogP contribution in [0.2, 0.25) is 0 Å². The van der Waals surface area contributed by atoms with Crippen LogP contribution in [0.25, 0.3) is 0 Å². The summed E-state index contributed by atoms with van der Waals surface area (Å²) in [5.74, 6) is -0.553. The molecule has 0 aliphatic carbocycles. The summed E-state index contributed by atoms with van der Waals surface area (Å²) in [5, 5.41) is 7.97. The van der Waals surface area contributed by atoms with E-state index in [0.29, 0.717) is 29.1 Å². The maximum Gasteiger partial charge on any atom is 0.416 e. The molecule has 204 valence electrons. The van der Waals surface area contributed by atoms with Gasteiger partial charge in [0, 0.05) is 23.6 Å². The minimum Gasteiger partial charge on any atom is -0.459 e. The smallest absolute Gasteiger partial charge is 0.416 e. The molecule has 1 atom stereocenters. The molecule has 1 aliphatic rings. The molecule has 0 saturated carbocycles. The van der Waals surface area contributed by atoms with Crippen LogP contribution in [-0.4, -0.2) is 35.6 Å². The first-order valence-corrected chi connectivity index (χ1v) is 12.3. The number of allylic oxidation sites excluding steroid dienone is 1. The van der Waals surface area contributed by atoms with Crippen molar-refractivity contribution in [2.24, 2.45) is 0 Å². The second kappa shape index (κ2) is 12.0. The standard InChI is InChI=1S/C27H31F3N4O4/c1-5-6-14-34-17(4)22(24(35)38-16(2)3)23(33-26(34)37)18-8-7-9-21(15-18)32-25(36)31-20-12-10-19(11-13-20)27(28,29)30/h7-13,15-16,23H,5-6,14H2,1-4H3,(H,33,37)(H2,31,32,36). The fraction of sp³-hybridized carbons (Fsp3) is 0.370. The molecule has 3 rings (SSSR count). The number of hydrogen-bond donors (Lipinski definition) is 3. The van der Waals surface area contributed by atoms with E-state index in [4.69, 9.17) is 4.74 Å². The largest absolute Gasteiger partial charge is 0.459 e. The molecule has 0 bridgehead atoms. The van der Waals surface area contributed by atoms with E-state index in [1.54, 1.807) is 45.0 Å². The lowest BCUT2D eigenvalue weighted by Gasteiger charge is -2.35. The van der Waals surface area contributed by atoms with E-state index in [1.165, 1.54) is 4.90 Å². The van der Waals surface area contributed by atoms with E-state index in [9.17, 15) is 27.6 Å². The number of esters is 1. The molecule has 0 radical (unpaired) electrons. The Hall–Kier alpha value is -4.02. The Labute approximate surface area is 219 Å². The van der Waals surface area contributed by atoms with Crippen molar-refractivity contribution in [1.82, 2.24) is 10.2 Å². The van der Waals surface area contributed by atoms with E-state index in [2.05, 4.69) is 16.0 Å². The quantitative estimate of drug-likeness (QED) is 0.341. The van der Waals surface area contributed by atoms with Gasteiger partial charge >= 0.3 is 24.2 Å². The molecule has 2 aromatic carbocycles. The Morgan fingerprint density at radius 1 is 1.08 bits per heavy atom. The third kappa shape index (κ3) is 7.05. The normalized spacial score (nSPS) is 15.8. The summed E-state index contributed by atoms with van der Waals surface area (Å²) in [5.41, 5.74) is 1.03. The number of carbonyl (C=O) groups is 3. The van der Waals surface area contributed by atoms with Gasteiger partial charge in [-0.15, -0.1) is 0 Å². The summed E-state index contributed by atoms with van der Waals surface area (Å²) < 4.78 is 43.8. The van der Waals surface area contributed by atoms with Crippen LogP contribution in [-0.2, 0) is 15.7 Å². The SMILES string of the molecule is CCCCN1C(=O)NC(c2cccc(NC(=O)Nc3ccc(C(F)(F)F)cc3)c2)C(C(=O)OC(C)C)=C1C. The highest BCUT2D eigenvalue weighted by atomic mass is 19.4. The van der Waals surface area contributed by atoms with Crippen LogP contribution in [0.1, 0.15) is 57.7 Å². The van der Waals surface area contributed by atoms with Crippen LogP contribution in [0.4, 0.5) is 34.1 Å². The summed E-state index contributed by atoms with van der Waals surface area (Å²) in [6, 6.07) is 8.79. The molecule has 0 spiro atoms. The molecule has 3 N–H and O–H groups in total. The first-order chi connectivity index (χ1) is 17.9. The lowest BCUT2D eigenvalue weighted by molar-refractivity contribution is -0.143. The van der Waals surface area contributed by atoms with Crippen molar-refractivity contribution in [2.75, 3.05) is 17.2 Å². The number of alkyl halides is 3. The van der Waals surface area contributed by atoms with Crippen LogP contribution >= 0.6 is 0 Å². The number of halogens is 3. The Balaban J connectivity index is 1.83. The van der Waals surface area contributed by atoms with Crippen molar-refractivity contribution in [3.05, 3.63) is 70.9 Å². The van der Waals surface area contributed by atoms with Crippen LogP contribution in [0, 0.1) is 0 Å². The number of anilines is 2. The first kappa shape index (κ1) is 28.5. The molecule has 2 aromatic rings. The van der Waals surface area contributed by atoms with E-state index in [1.807, 2.05) is 6.92 Å². The number of benzene rings is 2. The Morgan fingerprint density at radius 2 is 1.74 bits per heavy atom. The molecule has 1 heterocycles. The van der Waals surface area contributed by atoms with E-state index in [-0.39, 0.29) is 17.8 Å². The molecule has 4 amide bonds. The molecule has 0 fully saturated rings. The van der Waals surface area contributed by atoms with Gasteiger partial charge in [-0.25, -0.2) is 14.4 Å². The topological polar surface area (TPSA) is 99.8 Å².